The summed E-state index contributed by atoms with van der Waals surface area (Å²) in [5.41, 5.74) is 4.31. The van der Waals surface area contributed by atoms with Gasteiger partial charge in [0.1, 0.15) is 0 Å². The third-order valence-corrected chi connectivity index (χ3v) is 3.31. The quantitative estimate of drug-likeness (QED) is 0.635. The highest BCUT2D eigenvalue weighted by atomic mass is 32.1. The van der Waals surface area contributed by atoms with E-state index in [2.05, 4.69) is 24.3 Å². The molecular weight excluding hydrogens is 242 g/mol. The number of aryl methyl sites for hydroxylation is 1. The minimum Gasteiger partial charge on any atom is -0.429 e. The first-order valence-corrected chi connectivity index (χ1v) is 6.29. The Kier molecular flexibility index (Phi) is 2.76. The van der Waals surface area contributed by atoms with Crippen molar-refractivity contribution < 1.29 is 4.42 Å². The standard InChI is InChI=1S/C15H13NOS/c1-11-7-8-13-14(9-11)17-15(18)16(13)10-12-5-3-2-4-6-12/h2-9H,10H2,1H3. The van der Waals surface area contributed by atoms with E-state index >= 15 is 0 Å². The lowest BCUT2D eigenvalue weighted by atomic mass is 10.2. The fourth-order valence-electron chi connectivity index (χ4n) is 2.09. The van der Waals surface area contributed by atoms with Gasteiger partial charge in [-0.15, -0.1) is 0 Å². The van der Waals surface area contributed by atoms with E-state index in [1.165, 1.54) is 11.1 Å². The molecule has 0 N–H and O–H groups in total. The average molecular weight is 255 g/mol. The van der Waals surface area contributed by atoms with E-state index in [9.17, 15) is 0 Å². The van der Waals surface area contributed by atoms with Gasteiger partial charge in [0.25, 0.3) is 4.84 Å². The van der Waals surface area contributed by atoms with Gasteiger partial charge in [-0.3, -0.25) is 4.57 Å². The van der Waals surface area contributed by atoms with Crippen LogP contribution in [-0.2, 0) is 6.54 Å². The summed E-state index contributed by atoms with van der Waals surface area (Å²) >= 11 is 5.29. The molecule has 0 amide bonds. The van der Waals surface area contributed by atoms with E-state index < -0.39 is 0 Å². The summed E-state index contributed by atoms with van der Waals surface area (Å²) in [6.07, 6.45) is 0. The lowest BCUT2D eigenvalue weighted by molar-refractivity contribution is 0.548. The molecule has 2 nitrogen and oxygen atoms in total. The van der Waals surface area contributed by atoms with Crippen molar-refractivity contribution in [3.63, 3.8) is 0 Å². The highest BCUT2D eigenvalue weighted by molar-refractivity contribution is 7.71. The third-order valence-electron chi connectivity index (χ3n) is 3.01. The van der Waals surface area contributed by atoms with Crippen molar-refractivity contribution in [2.75, 3.05) is 0 Å². The topological polar surface area (TPSA) is 18.1 Å². The van der Waals surface area contributed by atoms with Crippen LogP contribution < -0.4 is 0 Å². The zero-order valence-electron chi connectivity index (χ0n) is 10.1. The lowest BCUT2D eigenvalue weighted by Crippen LogP contribution is -1.98. The maximum Gasteiger partial charge on any atom is 0.269 e. The third kappa shape index (κ3) is 1.97. The van der Waals surface area contributed by atoms with Crippen molar-refractivity contribution in [2.24, 2.45) is 0 Å². The Balaban J connectivity index is 2.12. The lowest BCUT2D eigenvalue weighted by Gasteiger charge is -2.03. The summed E-state index contributed by atoms with van der Waals surface area (Å²) < 4.78 is 7.66. The molecule has 3 aromatic rings. The Hall–Kier alpha value is -1.87. The smallest absolute Gasteiger partial charge is 0.269 e. The molecule has 3 rings (SSSR count). The van der Waals surface area contributed by atoms with Crippen molar-refractivity contribution in [1.82, 2.24) is 4.57 Å². The van der Waals surface area contributed by atoms with Crippen LogP contribution in [0, 0.1) is 11.8 Å². The fourth-order valence-corrected chi connectivity index (χ4v) is 2.34. The second-order valence-electron chi connectivity index (χ2n) is 4.41. The first-order chi connectivity index (χ1) is 8.74. The van der Waals surface area contributed by atoms with Gasteiger partial charge < -0.3 is 4.42 Å². The first kappa shape index (κ1) is 11.2. The molecule has 18 heavy (non-hydrogen) atoms. The Morgan fingerprint density at radius 2 is 1.89 bits per heavy atom. The molecule has 0 fully saturated rings. The first-order valence-electron chi connectivity index (χ1n) is 5.88. The van der Waals surface area contributed by atoms with Crippen LogP contribution >= 0.6 is 12.2 Å². The molecule has 0 saturated carbocycles. The number of oxazole rings is 1. The largest absolute Gasteiger partial charge is 0.429 e. The molecule has 1 aromatic heterocycles. The highest BCUT2D eigenvalue weighted by Gasteiger charge is 2.07. The molecule has 90 valence electrons. The van der Waals surface area contributed by atoms with Crippen molar-refractivity contribution in [1.29, 1.82) is 0 Å². The number of benzene rings is 2. The van der Waals surface area contributed by atoms with Crippen molar-refractivity contribution >= 4 is 23.3 Å². The van der Waals surface area contributed by atoms with Gasteiger partial charge in [-0.1, -0.05) is 36.4 Å². The predicted octanol–water partition coefficient (Wildman–Crippen LogP) is 4.32. The van der Waals surface area contributed by atoms with Crippen LogP contribution in [0.3, 0.4) is 0 Å². The maximum absolute atomic E-state index is 5.63. The Morgan fingerprint density at radius 3 is 2.67 bits per heavy atom. The minimum atomic E-state index is 0.527. The van der Waals surface area contributed by atoms with Gasteiger partial charge in [0, 0.05) is 0 Å². The van der Waals surface area contributed by atoms with Gasteiger partial charge in [-0.25, -0.2) is 0 Å². The summed E-state index contributed by atoms with van der Waals surface area (Å²) in [4.78, 5) is 0.527. The molecule has 0 aliphatic rings. The number of hydrogen-bond donors (Lipinski definition) is 0. The van der Waals surface area contributed by atoms with Gasteiger partial charge in [-0.2, -0.15) is 0 Å². The molecule has 2 aromatic carbocycles. The zero-order chi connectivity index (χ0) is 12.5. The van der Waals surface area contributed by atoms with E-state index in [4.69, 9.17) is 16.6 Å². The number of hydrogen-bond acceptors (Lipinski definition) is 2. The highest BCUT2D eigenvalue weighted by Crippen LogP contribution is 2.20. The number of aromatic nitrogens is 1. The van der Waals surface area contributed by atoms with Crippen molar-refractivity contribution in [3.8, 4) is 0 Å². The SMILES string of the molecule is Cc1ccc2c(c1)oc(=S)n2Cc1ccccc1. The maximum atomic E-state index is 5.63. The average Bonchev–Trinajstić information content (AvgIpc) is 2.66. The number of nitrogens with zero attached hydrogens (tertiary/aromatic N) is 1. The number of fused-ring (bicyclic) bond motifs is 1. The summed E-state index contributed by atoms with van der Waals surface area (Å²) in [7, 11) is 0. The Labute approximate surface area is 110 Å². The minimum absolute atomic E-state index is 0.527. The molecule has 0 spiro atoms. The second kappa shape index (κ2) is 4.42. The van der Waals surface area contributed by atoms with Crippen LogP contribution in [0.1, 0.15) is 11.1 Å². The summed E-state index contributed by atoms with van der Waals surface area (Å²) in [5, 5.41) is 0. The molecule has 1 heterocycles. The molecular formula is C15H13NOS. The van der Waals surface area contributed by atoms with Gasteiger partial charge in [0.2, 0.25) is 0 Å². The van der Waals surface area contributed by atoms with E-state index in [1.54, 1.807) is 0 Å². The van der Waals surface area contributed by atoms with Gasteiger partial charge >= 0.3 is 0 Å². The second-order valence-corrected chi connectivity index (χ2v) is 4.76. The van der Waals surface area contributed by atoms with Crippen LogP contribution in [0.5, 0.6) is 0 Å². The summed E-state index contributed by atoms with van der Waals surface area (Å²) in [6.45, 7) is 2.79. The molecule has 3 heteroatoms. The summed E-state index contributed by atoms with van der Waals surface area (Å²) in [6, 6.07) is 16.4. The van der Waals surface area contributed by atoms with E-state index in [0.29, 0.717) is 4.84 Å². The zero-order valence-corrected chi connectivity index (χ0v) is 10.9. The Morgan fingerprint density at radius 1 is 1.11 bits per heavy atom. The monoisotopic (exact) mass is 255 g/mol. The molecule has 0 aliphatic heterocycles. The van der Waals surface area contributed by atoms with Crippen LogP contribution in [0.15, 0.2) is 52.9 Å². The van der Waals surface area contributed by atoms with E-state index in [-0.39, 0.29) is 0 Å². The van der Waals surface area contributed by atoms with E-state index in [0.717, 1.165) is 17.6 Å². The molecule has 0 saturated heterocycles. The molecule has 0 unspecified atom stereocenters. The predicted molar refractivity (Wildman–Crippen MR) is 75.3 cm³/mol. The molecule has 0 bridgehead atoms. The summed E-state index contributed by atoms with van der Waals surface area (Å²) in [5.74, 6) is 0. The van der Waals surface area contributed by atoms with Crippen LogP contribution in [0.25, 0.3) is 11.1 Å². The van der Waals surface area contributed by atoms with Crippen LogP contribution in [0.2, 0.25) is 0 Å². The van der Waals surface area contributed by atoms with Gasteiger partial charge in [0.15, 0.2) is 5.58 Å². The normalized spacial score (nSPS) is 10.9. The Bertz CT molecular complexity index is 740. The van der Waals surface area contributed by atoms with Gasteiger partial charge in [-0.05, 0) is 42.4 Å². The van der Waals surface area contributed by atoms with Crippen molar-refractivity contribution in [3.05, 3.63) is 64.5 Å². The van der Waals surface area contributed by atoms with Gasteiger partial charge in [0.05, 0.1) is 12.1 Å². The molecule has 0 aliphatic carbocycles. The number of rotatable bonds is 2. The molecule has 0 radical (unpaired) electrons. The van der Waals surface area contributed by atoms with Crippen LogP contribution in [0.4, 0.5) is 0 Å². The van der Waals surface area contributed by atoms with Crippen molar-refractivity contribution in [2.45, 2.75) is 13.5 Å². The van der Waals surface area contributed by atoms with E-state index in [1.807, 2.05) is 35.8 Å². The van der Waals surface area contributed by atoms with Crippen LogP contribution in [-0.4, -0.2) is 4.57 Å². The molecule has 0 atom stereocenters. The fraction of sp³-hybridized carbons (Fsp3) is 0.133.